The monoisotopic (exact) mass is 201 g/mol. The van der Waals surface area contributed by atoms with Crippen LogP contribution >= 0.6 is 0 Å². The maximum absolute atomic E-state index is 6.12. The molecule has 2 unspecified atom stereocenters. The standard InChI is InChI=1S/C14H19N/c1-3-4-6-11-14(15)12(2)13-9-7-5-8-10-13/h1,5,7-10,12,14H,4,6,11,15H2,2H3. The first-order chi connectivity index (χ1) is 7.25. The molecule has 0 saturated heterocycles. The fraction of sp³-hybridized carbons (Fsp3) is 0.429. The molecule has 0 aliphatic rings. The van der Waals surface area contributed by atoms with Gasteiger partial charge in [0.2, 0.25) is 0 Å². The highest BCUT2D eigenvalue weighted by atomic mass is 14.6. The molecule has 0 saturated carbocycles. The van der Waals surface area contributed by atoms with E-state index in [9.17, 15) is 0 Å². The molecule has 1 rings (SSSR count). The molecule has 0 fully saturated rings. The van der Waals surface area contributed by atoms with Crippen molar-refractivity contribution < 1.29 is 0 Å². The third kappa shape index (κ3) is 3.77. The van der Waals surface area contributed by atoms with Gasteiger partial charge >= 0.3 is 0 Å². The number of benzene rings is 1. The normalized spacial score (nSPS) is 14.2. The van der Waals surface area contributed by atoms with Gasteiger partial charge in [-0.05, 0) is 24.3 Å². The van der Waals surface area contributed by atoms with E-state index in [1.54, 1.807) is 0 Å². The van der Waals surface area contributed by atoms with E-state index in [1.807, 2.05) is 6.07 Å². The average Bonchev–Trinajstić information content (AvgIpc) is 2.29. The van der Waals surface area contributed by atoms with E-state index in [1.165, 1.54) is 5.56 Å². The molecule has 0 aliphatic heterocycles. The zero-order chi connectivity index (χ0) is 11.1. The van der Waals surface area contributed by atoms with Gasteiger partial charge in [0.25, 0.3) is 0 Å². The van der Waals surface area contributed by atoms with Crippen LogP contribution < -0.4 is 5.73 Å². The van der Waals surface area contributed by atoms with Gasteiger partial charge in [0, 0.05) is 12.5 Å². The molecule has 1 heteroatoms. The second kappa shape index (κ2) is 6.27. The van der Waals surface area contributed by atoms with Gasteiger partial charge in [-0.1, -0.05) is 37.3 Å². The summed E-state index contributed by atoms with van der Waals surface area (Å²) in [5, 5.41) is 0. The largest absolute Gasteiger partial charge is 0.327 e. The summed E-state index contributed by atoms with van der Waals surface area (Å²) in [6, 6.07) is 10.6. The molecule has 0 aliphatic carbocycles. The Labute approximate surface area is 92.7 Å². The number of terminal acetylenes is 1. The molecule has 0 spiro atoms. The van der Waals surface area contributed by atoms with Gasteiger partial charge in [0.15, 0.2) is 0 Å². The van der Waals surface area contributed by atoms with E-state index < -0.39 is 0 Å². The smallest absolute Gasteiger partial charge is 0.0105 e. The lowest BCUT2D eigenvalue weighted by Crippen LogP contribution is -2.26. The van der Waals surface area contributed by atoms with Crippen molar-refractivity contribution in [3.63, 3.8) is 0 Å². The van der Waals surface area contributed by atoms with Crippen molar-refractivity contribution in [3.8, 4) is 12.3 Å². The Morgan fingerprint density at radius 1 is 1.33 bits per heavy atom. The van der Waals surface area contributed by atoms with Crippen molar-refractivity contribution in [2.24, 2.45) is 5.73 Å². The molecule has 1 nitrogen and oxygen atoms in total. The van der Waals surface area contributed by atoms with Crippen molar-refractivity contribution in [1.82, 2.24) is 0 Å². The zero-order valence-electron chi connectivity index (χ0n) is 9.32. The van der Waals surface area contributed by atoms with Crippen LogP contribution in [-0.4, -0.2) is 6.04 Å². The minimum Gasteiger partial charge on any atom is -0.327 e. The molecule has 0 radical (unpaired) electrons. The summed E-state index contributed by atoms with van der Waals surface area (Å²) in [4.78, 5) is 0. The minimum absolute atomic E-state index is 0.209. The van der Waals surface area contributed by atoms with Gasteiger partial charge in [0.05, 0.1) is 0 Å². The first kappa shape index (κ1) is 11.8. The summed E-state index contributed by atoms with van der Waals surface area (Å²) < 4.78 is 0. The summed E-state index contributed by atoms with van der Waals surface area (Å²) in [6.45, 7) is 2.18. The Balaban J connectivity index is 2.46. The van der Waals surface area contributed by atoms with Crippen molar-refractivity contribution in [1.29, 1.82) is 0 Å². The quantitative estimate of drug-likeness (QED) is 0.575. The lowest BCUT2D eigenvalue weighted by Gasteiger charge is -2.19. The van der Waals surface area contributed by atoms with Crippen molar-refractivity contribution in [3.05, 3.63) is 35.9 Å². The van der Waals surface area contributed by atoms with Crippen LogP contribution in [0, 0.1) is 12.3 Å². The second-order valence-electron chi connectivity index (χ2n) is 3.96. The van der Waals surface area contributed by atoms with Gasteiger partial charge in [-0.15, -0.1) is 12.3 Å². The van der Waals surface area contributed by atoms with Gasteiger partial charge in [-0.25, -0.2) is 0 Å². The molecule has 0 heterocycles. The predicted molar refractivity (Wildman–Crippen MR) is 65.5 cm³/mol. The Morgan fingerprint density at radius 3 is 2.60 bits per heavy atom. The highest BCUT2D eigenvalue weighted by Gasteiger charge is 2.13. The summed E-state index contributed by atoms with van der Waals surface area (Å²) in [7, 11) is 0. The van der Waals surface area contributed by atoms with E-state index >= 15 is 0 Å². The average molecular weight is 201 g/mol. The molecule has 0 bridgehead atoms. The van der Waals surface area contributed by atoms with Crippen LogP contribution in [0.1, 0.15) is 37.7 Å². The Kier molecular flexibility index (Phi) is 4.93. The first-order valence-corrected chi connectivity index (χ1v) is 5.49. The third-order valence-electron chi connectivity index (χ3n) is 2.83. The molecule has 0 amide bonds. The molecule has 0 aromatic heterocycles. The minimum atomic E-state index is 0.209. The van der Waals surface area contributed by atoms with Crippen LogP contribution in [0.25, 0.3) is 0 Å². The summed E-state index contributed by atoms with van der Waals surface area (Å²) in [6.07, 6.45) is 8.06. The molecule has 1 aromatic rings. The molecule has 1 aromatic carbocycles. The molecule has 2 N–H and O–H groups in total. The third-order valence-corrected chi connectivity index (χ3v) is 2.83. The highest BCUT2D eigenvalue weighted by Crippen LogP contribution is 2.20. The van der Waals surface area contributed by atoms with E-state index in [4.69, 9.17) is 12.2 Å². The van der Waals surface area contributed by atoms with Gasteiger partial charge in [-0.2, -0.15) is 0 Å². The van der Waals surface area contributed by atoms with Crippen LogP contribution in [0.2, 0.25) is 0 Å². The number of hydrogen-bond donors (Lipinski definition) is 1. The van der Waals surface area contributed by atoms with E-state index in [2.05, 4.69) is 37.1 Å². The summed E-state index contributed by atoms with van der Waals surface area (Å²) in [5.41, 5.74) is 7.43. The second-order valence-corrected chi connectivity index (χ2v) is 3.96. The molecule has 80 valence electrons. The van der Waals surface area contributed by atoms with Crippen LogP contribution in [-0.2, 0) is 0 Å². The van der Waals surface area contributed by atoms with E-state index in [-0.39, 0.29) is 6.04 Å². The molecule has 15 heavy (non-hydrogen) atoms. The van der Waals surface area contributed by atoms with Crippen molar-refractivity contribution >= 4 is 0 Å². The molecular formula is C14H19N. The number of rotatable bonds is 5. The fourth-order valence-electron chi connectivity index (χ4n) is 1.69. The van der Waals surface area contributed by atoms with Gasteiger partial charge in [-0.3, -0.25) is 0 Å². The fourth-order valence-corrected chi connectivity index (χ4v) is 1.69. The van der Waals surface area contributed by atoms with Crippen molar-refractivity contribution in [2.75, 3.05) is 0 Å². The number of unbranched alkanes of at least 4 members (excludes halogenated alkanes) is 1. The Hall–Kier alpha value is -1.26. The Morgan fingerprint density at radius 2 is 2.00 bits per heavy atom. The highest BCUT2D eigenvalue weighted by molar-refractivity contribution is 5.20. The maximum atomic E-state index is 6.12. The van der Waals surface area contributed by atoms with Crippen LogP contribution in [0.15, 0.2) is 30.3 Å². The topological polar surface area (TPSA) is 26.0 Å². The SMILES string of the molecule is C#CCCCC(N)C(C)c1ccccc1. The first-order valence-electron chi connectivity index (χ1n) is 5.49. The summed E-state index contributed by atoms with van der Waals surface area (Å²) >= 11 is 0. The Bertz CT molecular complexity index is 310. The van der Waals surface area contributed by atoms with Gasteiger partial charge < -0.3 is 5.73 Å². The molecular weight excluding hydrogens is 182 g/mol. The van der Waals surface area contributed by atoms with E-state index in [0.717, 1.165) is 19.3 Å². The number of nitrogens with two attached hydrogens (primary N) is 1. The van der Waals surface area contributed by atoms with Gasteiger partial charge in [0.1, 0.15) is 0 Å². The lowest BCUT2D eigenvalue weighted by molar-refractivity contribution is 0.514. The van der Waals surface area contributed by atoms with Crippen molar-refractivity contribution in [2.45, 2.75) is 38.1 Å². The van der Waals surface area contributed by atoms with Crippen LogP contribution in [0.5, 0.6) is 0 Å². The predicted octanol–water partition coefficient (Wildman–Crippen LogP) is 2.92. The summed E-state index contributed by atoms with van der Waals surface area (Å²) in [5.74, 6) is 3.05. The van der Waals surface area contributed by atoms with Crippen LogP contribution in [0.3, 0.4) is 0 Å². The molecule has 2 atom stereocenters. The maximum Gasteiger partial charge on any atom is 0.0105 e. The number of hydrogen-bond acceptors (Lipinski definition) is 1. The lowest BCUT2D eigenvalue weighted by atomic mass is 9.91. The van der Waals surface area contributed by atoms with E-state index in [0.29, 0.717) is 5.92 Å². The zero-order valence-corrected chi connectivity index (χ0v) is 9.32. The van der Waals surface area contributed by atoms with Crippen LogP contribution in [0.4, 0.5) is 0 Å².